The maximum atomic E-state index is 12.4. The predicted octanol–water partition coefficient (Wildman–Crippen LogP) is 2.10. The molecule has 0 saturated carbocycles. The van der Waals surface area contributed by atoms with E-state index in [1.165, 1.54) is 0 Å². The molecule has 5 heteroatoms. The van der Waals surface area contributed by atoms with Crippen molar-refractivity contribution in [1.29, 1.82) is 0 Å². The SMILES string of the molecule is CCC(NC(=O)C1(C)CCNCC1)c1nccs1. The van der Waals surface area contributed by atoms with E-state index in [2.05, 4.69) is 29.5 Å². The van der Waals surface area contributed by atoms with Crippen molar-refractivity contribution in [1.82, 2.24) is 15.6 Å². The number of carbonyl (C=O) groups is 1. The Hall–Kier alpha value is -0.940. The van der Waals surface area contributed by atoms with Gasteiger partial charge in [-0.2, -0.15) is 0 Å². The Morgan fingerprint density at radius 1 is 1.61 bits per heavy atom. The summed E-state index contributed by atoms with van der Waals surface area (Å²) in [5.41, 5.74) is -0.226. The van der Waals surface area contributed by atoms with Crippen LogP contribution in [0.3, 0.4) is 0 Å². The van der Waals surface area contributed by atoms with E-state index < -0.39 is 0 Å². The summed E-state index contributed by atoms with van der Waals surface area (Å²) in [5.74, 6) is 0.172. The van der Waals surface area contributed by atoms with Gasteiger partial charge in [-0.05, 0) is 32.4 Å². The Labute approximate surface area is 112 Å². The summed E-state index contributed by atoms with van der Waals surface area (Å²) in [4.78, 5) is 16.7. The smallest absolute Gasteiger partial charge is 0.226 e. The van der Waals surface area contributed by atoms with Crippen LogP contribution in [-0.4, -0.2) is 24.0 Å². The van der Waals surface area contributed by atoms with Gasteiger partial charge in [0.15, 0.2) is 0 Å². The molecule has 0 radical (unpaired) electrons. The quantitative estimate of drug-likeness (QED) is 0.878. The van der Waals surface area contributed by atoms with Crippen molar-refractivity contribution < 1.29 is 4.79 Å². The molecule has 4 nitrogen and oxygen atoms in total. The fourth-order valence-corrected chi connectivity index (χ4v) is 3.06. The fraction of sp³-hybridized carbons (Fsp3) is 0.692. The van der Waals surface area contributed by atoms with Gasteiger partial charge in [0.05, 0.1) is 6.04 Å². The molecule has 1 atom stereocenters. The molecule has 1 aromatic rings. The zero-order valence-electron chi connectivity index (χ0n) is 11.0. The highest BCUT2D eigenvalue weighted by molar-refractivity contribution is 7.09. The summed E-state index contributed by atoms with van der Waals surface area (Å²) in [7, 11) is 0. The monoisotopic (exact) mass is 267 g/mol. The lowest BCUT2D eigenvalue weighted by molar-refractivity contribution is -0.132. The molecule has 1 saturated heterocycles. The van der Waals surface area contributed by atoms with Crippen LogP contribution in [0.1, 0.15) is 44.2 Å². The number of amides is 1. The van der Waals surface area contributed by atoms with Crippen molar-refractivity contribution in [3.63, 3.8) is 0 Å². The Balaban J connectivity index is 2.01. The number of nitrogens with one attached hydrogen (secondary N) is 2. The minimum atomic E-state index is -0.226. The van der Waals surface area contributed by atoms with Crippen molar-refractivity contribution in [3.05, 3.63) is 16.6 Å². The average molecular weight is 267 g/mol. The van der Waals surface area contributed by atoms with E-state index in [9.17, 15) is 4.79 Å². The summed E-state index contributed by atoms with van der Waals surface area (Å²) >= 11 is 1.60. The Morgan fingerprint density at radius 2 is 2.33 bits per heavy atom. The van der Waals surface area contributed by atoms with Crippen LogP contribution < -0.4 is 10.6 Å². The lowest BCUT2D eigenvalue weighted by Crippen LogP contribution is -2.46. The van der Waals surface area contributed by atoms with E-state index in [-0.39, 0.29) is 17.4 Å². The Bertz CT molecular complexity index is 385. The highest BCUT2D eigenvalue weighted by atomic mass is 32.1. The molecule has 2 heterocycles. The van der Waals surface area contributed by atoms with Gasteiger partial charge in [-0.15, -0.1) is 11.3 Å². The summed E-state index contributed by atoms with van der Waals surface area (Å²) in [6.07, 6.45) is 4.49. The predicted molar refractivity (Wildman–Crippen MR) is 73.5 cm³/mol. The van der Waals surface area contributed by atoms with E-state index in [0.29, 0.717) is 0 Å². The molecule has 1 unspecified atom stereocenters. The molecule has 1 aliphatic heterocycles. The molecule has 0 aliphatic carbocycles. The van der Waals surface area contributed by atoms with Gasteiger partial charge in [-0.1, -0.05) is 13.8 Å². The van der Waals surface area contributed by atoms with Gasteiger partial charge in [-0.3, -0.25) is 4.79 Å². The van der Waals surface area contributed by atoms with Crippen LogP contribution in [0.2, 0.25) is 0 Å². The molecule has 1 aliphatic rings. The molecule has 1 aromatic heterocycles. The molecule has 2 N–H and O–H groups in total. The lowest BCUT2D eigenvalue weighted by Gasteiger charge is -2.33. The van der Waals surface area contributed by atoms with Crippen molar-refractivity contribution in [2.75, 3.05) is 13.1 Å². The summed E-state index contributed by atoms with van der Waals surface area (Å²) in [6, 6.07) is 0.0595. The second-order valence-electron chi connectivity index (χ2n) is 5.12. The molecule has 2 rings (SSSR count). The van der Waals surface area contributed by atoms with E-state index in [0.717, 1.165) is 37.4 Å². The molecule has 0 bridgehead atoms. The zero-order chi connectivity index (χ0) is 13.0. The minimum absolute atomic E-state index is 0.0595. The topological polar surface area (TPSA) is 54.0 Å². The first-order valence-electron chi connectivity index (χ1n) is 6.57. The first-order chi connectivity index (χ1) is 8.65. The number of hydrogen-bond acceptors (Lipinski definition) is 4. The number of aromatic nitrogens is 1. The number of thiazole rings is 1. The number of hydrogen-bond donors (Lipinski definition) is 2. The normalized spacial score (nSPS) is 20.3. The molecule has 1 amide bonds. The Morgan fingerprint density at radius 3 is 2.89 bits per heavy atom. The standard InChI is InChI=1S/C13H21N3OS/c1-3-10(11-15-8-9-18-11)16-12(17)13(2)4-6-14-7-5-13/h8-10,14H,3-7H2,1-2H3,(H,16,17). The van der Waals surface area contributed by atoms with E-state index >= 15 is 0 Å². The maximum Gasteiger partial charge on any atom is 0.226 e. The van der Waals surface area contributed by atoms with Crippen LogP contribution in [0.25, 0.3) is 0 Å². The number of rotatable bonds is 4. The van der Waals surface area contributed by atoms with Crippen molar-refractivity contribution >= 4 is 17.2 Å². The van der Waals surface area contributed by atoms with Crippen LogP contribution >= 0.6 is 11.3 Å². The highest BCUT2D eigenvalue weighted by Crippen LogP contribution is 2.30. The molecule has 0 spiro atoms. The van der Waals surface area contributed by atoms with Gasteiger partial charge in [0, 0.05) is 17.0 Å². The van der Waals surface area contributed by atoms with E-state index in [1.807, 2.05) is 5.38 Å². The van der Waals surface area contributed by atoms with Crippen molar-refractivity contribution in [2.24, 2.45) is 5.41 Å². The number of nitrogens with zero attached hydrogens (tertiary/aromatic N) is 1. The van der Waals surface area contributed by atoms with Crippen molar-refractivity contribution in [2.45, 2.75) is 39.2 Å². The van der Waals surface area contributed by atoms with Gasteiger partial charge in [0.2, 0.25) is 5.91 Å². The van der Waals surface area contributed by atoms with E-state index in [4.69, 9.17) is 0 Å². The average Bonchev–Trinajstić information content (AvgIpc) is 2.90. The minimum Gasteiger partial charge on any atom is -0.346 e. The van der Waals surface area contributed by atoms with Gasteiger partial charge in [-0.25, -0.2) is 4.98 Å². The van der Waals surface area contributed by atoms with Crippen LogP contribution in [0.4, 0.5) is 0 Å². The van der Waals surface area contributed by atoms with Crippen LogP contribution in [0.5, 0.6) is 0 Å². The van der Waals surface area contributed by atoms with Crippen LogP contribution in [0.15, 0.2) is 11.6 Å². The van der Waals surface area contributed by atoms with Crippen molar-refractivity contribution in [3.8, 4) is 0 Å². The number of piperidine rings is 1. The Kier molecular flexibility index (Phi) is 4.35. The molecular formula is C13H21N3OS. The van der Waals surface area contributed by atoms with Gasteiger partial charge < -0.3 is 10.6 Å². The summed E-state index contributed by atoms with van der Waals surface area (Å²) in [5, 5.41) is 9.42. The maximum absolute atomic E-state index is 12.4. The molecular weight excluding hydrogens is 246 g/mol. The first kappa shape index (κ1) is 13.5. The van der Waals surface area contributed by atoms with Crippen LogP contribution in [0, 0.1) is 5.41 Å². The molecule has 18 heavy (non-hydrogen) atoms. The summed E-state index contributed by atoms with van der Waals surface area (Å²) in [6.45, 7) is 6.00. The molecule has 0 aromatic carbocycles. The third kappa shape index (κ3) is 2.90. The third-order valence-corrected chi connectivity index (χ3v) is 4.61. The first-order valence-corrected chi connectivity index (χ1v) is 7.45. The fourth-order valence-electron chi connectivity index (χ4n) is 2.28. The number of carbonyl (C=O) groups excluding carboxylic acids is 1. The van der Waals surface area contributed by atoms with Gasteiger partial charge in [0.25, 0.3) is 0 Å². The van der Waals surface area contributed by atoms with Gasteiger partial charge in [0.1, 0.15) is 5.01 Å². The highest BCUT2D eigenvalue weighted by Gasteiger charge is 2.35. The molecule has 100 valence electrons. The zero-order valence-corrected chi connectivity index (χ0v) is 11.8. The third-order valence-electron chi connectivity index (χ3n) is 3.72. The lowest BCUT2D eigenvalue weighted by atomic mass is 9.80. The van der Waals surface area contributed by atoms with Crippen LogP contribution in [-0.2, 0) is 4.79 Å². The second-order valence-corrected chi connectivity index (χ2v) is 6.04. The second kappa shape index (κ2) is 5.80. The largest absolute Gasteiger partial charge is 0.346 e. The van der Waals surface area contributed by atoms with E-state index in [1.54, 1.807) is 17.5 Å². The molecule has 1 fully saturated rings. The summed E-state index contributed by atoms with van der Waals surface area (Å²) < 4.78 is 0. The van der Waals surface area contributed by atoms with Gasteiger partial charge >= 0.3 is 0 Å².